The molecule has 0 unspecified atom stereocenters. The Kier molecular flexibility index (Phi) is 6.01. The predicted molar refractivity (Wildman–Crippen MR) is 93.5 cm³/mol. The molecule has 5 N–H and O–H groups in total. The molecule has 23 heavy (non-hydrogen) atoms. The van der Waals surface area contributed by atoms with Crippen molar-refractivity contribution in [2.45, 2.75) is 13.5 Å². The zero-order valence-electron chi connectivity index (χ0n) is 13.2. The summed E-state index contributed by atoms with van der Waals surface area (Å²) in [7, 11) is 0. The number of nitrogens with one attached hydrogen (secondary N) is 3. The molecule has 1 amide bonds. The molecule has 0 saturated carbocycles. The molecule has 1 aliphatic heterocycles. The van der Waals surface area contributed by atoms with Gasteiger partial charge < -0.3 is 26.7 Å². The number of anilines is 1. The third kappa shape index (κ3) is 4.24. The summed E-state index contributed by atoms with van der Waals surface area (Å²) in [5.74, 6) is -0.384. The Labute approximate surface area is 141 Å². The fourth-order valence-corrected chi connectivity index (χ4v) is 2.70. The number of nitrogen functional groups attached to an aromatic ring is 1. The molecule has 0 aromatic heterocycles. The number of amides is 1. The molecular weight excluding hydrogens is 314 g/mol. The van der Waals surface area contributed by atoms with Crippen LogP contribution in [-0.4, -0.2) is 43.2 Å². The van der Waals surface area contributed by atoms with Crippen LogP contribution >= 0.6 is 11.6 Å². The lowest BCUT2D eigenvalue weighted by Gasteiger charge is -2.30. The van der Waals surface area contributed by atoms with E-state index in [0.29, 0.717) is 17.9 Å². The van der Waals surface area contributed by atoms with Crippen LogP contribution in [-0.2, 0) is 11.3 Å². The molecule has 0 atom stereocenters. The van der Waals surface area contributed by atoms with E-state index in [1.165, 1.54) is 0 Å². The van der Waals surface area contributed by atoms with Crippen LogP contribution in [0.15, 0.2) is 28.9 Å². The van der Waals surface area contributed by atoms with E-state index in [1.807, 2.05) is 30.0 Å². The first-order valence-electron chi connectivity index (χ1n) is 7.52. The van der Waals surface area contributed by atoms with E-state index in [-0.39, 0.29) is 10.9 Å². The average Bonchev–Trinajstić information content (AvgIpc) is 2.57. The van der Waals surface area contributed by atoms with E-state index < -0.39 is 0 Å². The summed E-state index contributed by atoms with van der Waals surface area (Å²) in [6, 6.07) is 5.59. The topological polar surface area (TPSA) is 94.2 Å². The van der Waals surface area contributed by atoms with Crippen LogP contribution in [0, 0.1) is 12.3 Å². The molecule has 1 aromatic rings. The van der Waals surface area contributed by atoms with Crippen molar-refractivity contribution in [3.8, 4) is 0 Å². The third-order valence-electron chi connectivity index (χ3n) is 3.95. The molecule has 0 aliphatic carbocycles. The fraction of sp³-hybridized carbons (Fsp3) is 0.375. The number of halogens is 1. The van der Waals surface area contributed by atoms with Gasteiger partial charge >= 0.3 is 0 Å². The molecule has 7 heteroatoms. The van der Waals surface area contributed by atoms with Crippen molar-refractivity contribution < 1.29 is 4.79 Å². The van der Waals surface area contributed by atoms with Gasteiger partial charge in [-0.2, -0.15) is 0 Å². The number of allylic oxidation sites excluding steroid dienone is 1. The van der Waals surface area contributed by atoms with Crippen LogP contribution in [0.1, 0.15) is 11.1 Å². The van der Waals surface area contributed by atoms with E-state index in [9.17, 15) is 4.79 Å². The fourth-order valence-electron chi connectivity index (χ4n) is 2.46. The summed E-state index contributed by atoms with van der Waals surface area (Å²) in [6.07, 6.45) is 1.14. The largest absolute Gasteiger partial charge is 0.399 e. The number of hydrogen-bond acceptors (Lipinski definition) is 5. The van der Waals surface area contributed by atoms with Crippen molar-refractivity contribution in [1.29, 1.82) is 5.41 Å². The van der Waals surface area contributed by atoms with Crippen molar-refractivity contribution in [1.82, 2.24) is 15.5 Å². The maximum Gasteiger partial charge on any atom is 0.265 e. The molecule has 1 aromatic carbocycles. The predicted octanol–water partition coefficient (Wildman–Crippen LogP) is 1.20. The second-order valence-electron chi connectivity index (χ2n) is 5.39. The Hall–Kier alpha value is -2.05. The Bertz CT molecular complexity index is 623. The van der Waals surface area contributed by atoms with Crippen molar-refractivity contribution in [2.24, 2.45) is 0 Å². The normalized spacial score (nSPS) is 15.8. The van der Waals surface area contributed by atoms with Crippen molar-refractivity contribution in [2.75, 3.05) is 31.9 Å². The summed E-state index contributed by atoms with van der Waals surface area (Å²) in [6.45, 7) is 5.33. The second-order valence-corrected chi connectivity index (χ2v) is 5.77. The van der Waals surface area contributed by atoms with Gasteiger partial charge in [0.1, 0.15) is 5.03 Å². The molecule has 1 saturated heterocycles. The van der Waals surface area contributed by atoms with Crippen molar-refractivity contribution in [3.63, 3.8) is 0 Å². The van der Waals surface area contributed by atoms with Crippen molar-refractivity contribution in [3.05, 3.63) is 40.1 Å². The van der Waals surface area contributed by atoms with Gasteiger partial charge in [-0.3, -0.25) is 4.79 Å². The number of nitrogens with zero attached hydrogens (tertiary/aromatic N) is 1. The highest BCUT2D eigenvalue weighted by atomic mass is 35.5. The first-order valence-corrected chi connectivity index (χ1v) is 7.90. The minimum atomic E-state index is -0.384. The molecule has 0 radical (unpaired) electrons. The minimum absolute atomic E-state index is 0.0449. The van der Waals surface area contributed by atoms with Crippen LogP contribution in [0.5, 0.6) is 0 Å². The summed E-state index contributed by atoms with van der Waals surface area (Å²) in [5.41, 5.74) is 8.90. The lowest BCUT2D eigenvalue weighted by atomic mass is 10.1. The van der Waals surface area contributed by atoms with Gasteiger partial charge in [-0.1, -0.05) is 23.7 Å². The highest BCUT2D eigenvalue weighted by Gasteiger charge is 2.19. The first kappa shape index (κ1) is 17.3. The summed E-state index contributed by atoms with van der Waals surface area (Å²) < 4.78 is 0. The maximum absolute atomic E-state index is 12.3. The number of carbonyl (C=O) groups excluding carboxylic acids is 1. The minimum Gasteiger partial charge on any atom is -0.399 e. The monoisotopic (exact) mass is 335 g/mol. The summed E-state index contributed by atoms with van der Waals surface area (Å²) >= 11 is 6.20. The maximum atomic E-state index is 12.3. The summed E-state index contributed by atoms with van der Waals surface area (Å²) in [5, 5.41) is 13.6. The Balaban J connectivity index is 2.07. The highest BCUT2D eigenvalue weighted by molar-refractivity contribution is 6.43. The molecule has 0 bridgehead atoms. The van der Waals surface area contributed by atoms with Gasteiger partial charge in [-0.05, 0) is 24.1 Å². The number of piperazine rings is 1. The number of carbonyl (C=O) groups is 1. The van der Waals surface area contributed by atoms with Gasteiger partial charge in [-0.15, -0.1) is 0 Å². The molecule has 0 spiro atoms. The lowest BCUT2D eigenvalue weighted by molar-refractivity contribution is -0.117. The SMILES string of the molecule is Cc1c(N)cccc1CNC(=O)C(Cl)=C(C=N)N1CCNCC1. The van der Waals surface area contributed by atoms with Gasteiger partial charge in [-0.25, -0.2) is 0 Å². The Morgan fingerprint density at radius 3 is 2.83 bits per heavy atom. The number of hydrogen-bond donors (Lipinski definition) is 4. The van der Waals surface area contributed by atoms with Crippen LogP contribution in [0.4, 0.5) is 5.69 Å². The van der Waals surface area contributed by atoms with Gasteiger partial charge in [0.25, 0.3) is 5.91 Å². The average molecular weight is 336 g/mol. The lowest BCUT2D eigenvalue weighted by Crippen LogP contribution is -2.44. The Morgan fingerprint density at radius 2 is 2.17 bits per heavy atom. The second kappa shape index (κ2) is 7.99. The van der Waals surface area contributed by atoms with Gasteiger partial charge in [0.15, 0.2) is 0 Å². The van der Waals surface area contributed by atoms with Gasteiger partial charge in [0, 0.05) is 44.6 Å². The zero-order valence-corrected chi connectivity index (χ0v) is 13.9. The smallest absolute Gasteiger partial charge is 0.265 e. The molecule has 6 nitrogen and oxygen atoms in total. The quantitative estimate of drug-likeness (QED) is 0.369. The molecular formula is C16H22ClN5O. The summed E-state index contributed by atoms with van der Waals surface area (Å²) in [4.78, 5) is 14.2. The van der Waals surface area contributed by atoms with Crippen LogP contribution in [0.25, 0.3) is 0 Å². The van der Waals surface area contributed by atoms with E-state index in [4.69, 9.17) is 22.7 Å². The molecule has 1 fully saturated rings. The number of benzene rings is 1. The third-order valence-corrected chi connectivity index (χ3v) is 4.31. The molecule has 1 heterocycles. The van der Waals surface area contributed by atoms with E-state index in [2.05, 4.69) is 10.6 Å². The van der Waals surface area contributed by atoms with Crippen LogP contribution in [0.3, 0.4) is 0 Å². The van der Waals surface area contributed by atoms with E-state index in [1.54, 1.807) is 0 Å². The zero-order chi connectivity index (χ0) is 16.8. The van der Waals surface area contributed by atoms with E-state index in [0.717, 1.165) is 43.5 Å². The van der Waals surface area contributed by atoms with Crippen LogP contribution in [0.2, 0.25) is 0 Å². The van der Waals surface area contributed by atoms with Crippen LogP contribution < -0.4 is 16.4 Å². The molecule has 2 rings (SSSR count). The van der Waals surface area contributed by atoms with Gasteiger partial charge in [0.2, 0.25) is 0 Å². The van der Waals surface area contributed by atoms with Crippen molar-refractivity contribution >= 4 is 29.4 Å². The van der Waals surface area contributed by atoms with Gasteiger partial charge in [0.05, 0.1) is 5.70 Å². The molecule has 1 aliphatic rings. The highest BCUT2D eigenvalue weighted by Crippen LogP contribution is 2.17. The first-order chi connectivity index (χ1) is 11.0. The standard InChI is InChI=1S/C16H22ClN5O/c1-11-12(3-2-4-13(11)19)10-21-16(23)15(17)14(9-18)22-7-5-20-6-8-22/h2-4,9,18,20H,5-8,10,19H2,1H3,(H,21,23). The Morgan fingerprint density at radius 1 is 1.48 bits per heavy atom. The van der Waals surface area contributed by atoms with E-state index >= 15 is 0 Å². The number of nitrogens with two attached hydrogens (primary N) is 1. The molecule has 124 valence electrons. The number of rotatable bonds is 5.